The van der Waals surface area contributed by atoms with Crippen molar-refractivity contribution in [2.45, 2.75) is 58.7 Å². The molecular weight excluding hydrogens is 426 g/mol. The third-order valence-electron chi connectivity index (χ3n) is 6.94. The second-order valence-electron chi connectivity index (χ2n) is 9.05. The first kappa shape index (κ1) is 23.4. The van der Waals surface area contributed by atoms with Crippen LogP contribution in [0.25, 0.3) is 6.08 Å². The van der Waals surface area contributed by atoms with Crippen LogP contribution in [0.2, 0.25) is 0 Å². The fourth-order valence-electron chi connectivity index (χ4n) is 5.51. The molecule has 3 aliphatic rings. The Morgan fingerprint density at radius 2 is 2.06 bits per heavy atom. The van der Waals surface area contributed by atoms with Crippen molar-refractivity contribution in [3.8, 4) is 0 Å². The smallest absolute Gasteiger partial charge is 0.423 e. The maximum atomic E-state index is 13.0. The van der Waals surface area contributed by atoms with Gasteiger partial charge in [-0.15, -0.1) is 0 Å². The molecule has 1 N–H and O–H groups in total. The van der Waals surface area contributed by atoms with Gasteiger partial charge in [-0.3, -0.25) is 9.59 Å². The van der Waals surface area contributed by atoms with E-state index in [0.29, 0.717) is 29.4 Å². The highest BCUT2D eigenvalue weighted by molar-refractivity contribution is 6.16. The van der Waals surface area contributed by atoms with Crippen molar-refractivity contribution in [1.82, 2.24) is 4.90 Å². The van der Waals surface area contributed by atoms with E-state index in [1.165, 1.54) is 12.7 Å². The second kappa shape index (κ2) is 9.65. The summed E-state index contributed by atoms with van der Waals surface area (Å²) in [6.07, 6.45) is 4.75. The third kappa shape index (κ3) is 4.29. The average molecular weight is 458 g/mol. The van der Waals surface area contributed by atoms with Gasteiger partial charge in [-0.2, -0.15) is 4.90 Å². The predicted octanol–water partition coefficient (Wildman–Crippen LogP) is 3.84. The third-order valence-corrected chi connectivity index (χ3v) is 6.94. The van der Waals surface area contributed by atoms with Crippen molar-refractivity contribution < 1.29 is 33.4 Å². The number of aliphatic hydroxyl groups excluding tert-OH is 1. The number of ether oxygens (including phenoxy) is 2. The fourth-order valence-corrected chi connectivity index (χ4v) is 5.51. The van der Waals surface area contributed by atoms with Crippen LogP contribution >= 0.6 is 0 Å². The Bertz CT molecular complexity index is 1000. The number of hydrogen-bond donors (Lipinski definition) is 1. The number of carbonyl (C=O) groups excluding carboxylic acids is 3. The van der Waals surface area contributed by atoms with Crippen LogP contribution in [0, 0.1) is 17.8 Å². The van der Waals surface area contributed by atoms with Gasteiger partial charge in [0.05, 0.1) is 31.7 Å². The first-order chi connectivity index (χ1) is 15.9. The zero-order valence-corrected chi connectivity index (χ0v) is 19.3. The van der Waals surface area contributed by atoms with Crippen LogP contribution in [-0.2, 0) is 25.7 Å². The van der Waals surface area contributed by atoms with Gasteiger partial charge in [0, 0.05) is 5.92 Å². The summed E-state index contributed by atoms with van der Waals surface area (Å²) in [5.74, 6) is -0.947. The Labute approximate surface area is 193 Å². The highest BCUT2D eigenvalue weighted by Gasteiger charge is 2.58. The van der Waals surface area contributed by atoms with Crippen molar-refractivity contribution in [1.29, 1.82) is 0 Å². The van der Waals surface area contributed by atoms with Crippen LogP contribution in [0.3, 0.4) is 0 Å². The number of furan rings is 1. The van der Waals surface area contributed by atoms with Crippen LogP contribution in [-0.4, -0.2) is 47.7 Å². The van der Waals surface area contributed by atoms with Gasteiger partial charge in [0.25, 0.3) is 0 Å². The first-order valence-electron chi connectivity index (χ1n) is 11.5. The van der Waals surface area contributed by atoms with E-state index < -0.39 is 29.7 Å². The maximum absolute atomic E-state index is 13.0. The molecule has 1 aliphatic carbocycles. The minimum absolute atomic E-state index is 0.111. The summed E-state index contributed by atoms with van der Waals surface area (Å²) in [5, 5.41) is 9.16. The van der Waals surface area contributed by atoms with E-state index >= 15 is 0 Å². The maximum Gasteiger partial charge on any atom is 0.423 e. The van der Waals surface area contributed by atoms with Gasteiger partial charge in [0.1, 0.15) is 18.1 Å². The van der Waals surface area contributed by atoms with Crippen molar-refractivity contribution >= 4 is 24.0 Å². The number of nitrogens with zero attached hydrogens (tertiary/aromatic N) is 1. The lowest BCUT2D eigenvalue weighted by Gasteiger charge is -2.31. The van der Waals surface area contributed by atoms with Crippen molar-refractivity contribution in [3.05, 3.63) is 40.4 Å². The van der Waals surface area contributed by atoms with E-state index in [1.807, 2.05) is 19.1 Å². The number of allylic oxidation sites excluding steroid dienone is 2. The second-order valence-corrected chi connectivity index (χ2v) is 9.05. The van der Waals surface area contributed by atoms with Crippen molar-refractivity contribution in [3.63, 3.8) is 0 Å². The molecule has 33 heavy (non-hydrogen) atoms. The zero-order chi connectivity index (χ0) is 23.7. The molecule has 2 saturated heterocycles. The number of carbonyl (C=O) groups is 3. The van der Waals surface area contributed by atoms with Crippen molar-refractivity contribution in [2.24, 2.45) is 17.8 Å². The summed E-state index contributed by atoms with van der Waals surface area (Å²) >= 11 is 0. The fraction of sp³-hybridized carbons (Fsp3) is 0.560. The van der Waals surface area contributed by atoms with Gasteiger partial charge in [0.2, 0.25) is 11.8 Å². The minimum atomic E-state index is -0.906. The van der Waals surface area contributed by atoms with Crippen LogP contribution in [0.4, 0.5) is 4.79 Å². The Morgan fingerprint density at radius 1 is 1.27 bits per heavy atom. The van der Waals surface area contributed by atoms with Gasteiger partial charge >= 0.3 is 6.09 Å². The number of likely N-dealkylation sites (tertiary alicyclic amines) is 1. The standard InChI is InChI=1S/C25H31NO7/c1-4-5-15-11-18-22(24(29)26(23(18)28)25(30)31-3)19-13-32-20(21(15)19)9-6-14(2)10-16-7-8-17(12-27)33-16/h7-8,10,18-20,22,27H,4-6,9,11-13H2,1-3H3/b14-10+/t18-,19+,20-,22-/m1/s1. The molecule has 0 unspecified atom stereocenters. The number of amides is 3. The lowest BCUT2D eigenvalue weighted by Crippen LogP contribution is -2.38. The highest BCUT2D eigenvalue weighted by atomic mass is 16.5. The van der Waals surface area contributed by atoms with Gasteiger partial charge in [0.15, 0.2) is 0 Å². The molecule has 1 aromatic heterocycles. The average Bonchev–Trinajstić information content (AvgIpc) is 3.49. The molecule has 3 heterocycles. The van der Waals surface area contributed by atoms with Gasteiger partial charge in [-0.1, -0.05) is 24.5 Å². The van der Waals surface area contributed by atoms with Crippen LogP contribution in [0.5, 0.6) is 0 Å². The molecule has 8 nitrogen and oxygen atoms in total. The van der Waals surface area contributed by atoms with E-state index in [-0.39, 0.29) is 18.6 Å². The molecule has 2 fully saturated rings. The molecule has 2 aliphatic heterocycles. The van der Waals surface area contributed by atoms with E-state index in [9.17, 15) is 14.4 Å². The molecule has 4 atom stereocenters. The SMILES string of the molecule is CCCC1=C2[C@@H](CC/C(C)=C/c3ccc(CO)o3)OC[C@@H]2[C@@H]2C(=O)N(C(=O)OC)C(=O)[C@@H]2C1. The number of aliphatic hydroxyl groups is 1. The molecule has 0 aromatic carbocycles. The summed E-state index contributed by atoms with van der Waals surface area (Å²) in [6.45, 7) is 4.37. The van der Waals surface area contributed by atoms with E-state index in [4.69, 9.17) is 14.3 Å². The lowest BCUT2D eigenvalue weighted by molar-refractivity contribution is -0.137. The van der Waals surface area contributed by atoms with Gasteiger partial charge in [-0.25, -0.2) is 4.79 Å². The summed E-state index contributed by atoms with van der Waals surface area (Å²) in [5.41, 5.74) is 3.47. The summed E-state index contributed by atoms with van der Waals surface area (Å²) in [6, 6.07) is 3.58. The topological polar surface area (TPSA) is 106 Å². The molecular formula is C25H31NO7. The van der Waals surface area contributed by atoms with E-state index in [0.717, 1.165) is 36.8 Å². The Morgan fingerprint density at radius 3 is 2.73 bits per heavy atom. The molecule has 178 valence electrons. The van der Waals surface area contributed by atoms with E-state index in [2.05, 4.69) is 11.7 Å². The number of fused-ring (bicyclic) bond motifs is 3. The quantitative estimate of drug-likeness (QED) is 0.490. The normalized spacial score (nSPS) is 27.3. The van der Waals surface area contributed by atoms with Crippen molar-refractivity contribution in [2.75, 3.05) is 13.7 Å². The number of imide groups is 3. The number of hydrogen-bond acceptors (Lipinski definition) is 7. The summed E-state index contributed by atoms with van der Waals surface area (Å²) in [7, 11) is 1.18. The Hall–Kier alpha value is -2.71. The van der Waals surface area contributed by atoms with Gasteiger partial charge in [-0.05, 0) is 56.4 Å². The Kier molecular flexibility index (Phi) is 6.86. The minimum Gasteiger partial charge on any atom is -0.459 e. The number of methoxy groups -OCH3 is 1. The van der Waals surface area contributed by atoms with Crippen LogP contribution in [0.1, 0.15) is 57.5 Å². The van der Waals surface area contributed by atoms with Gasteiger partial charge < -0.3 is 19.0 Å². The Balaban J connectivity index is 1.53. The molecule has 0 radical (unpaired) electrons. The molecule has 8 heteroatoms. The molecule has 0 bridgehead atoms. The monoisotopic (exact) mass is 457 g/mol. The first-order valence-corrected chi connectivity index (χ1v) is 11.5. The molecule has 0 saturated carbocycles. The predicted molar refractivity (Wildman–Crippen MR) is 119 cm³/mol. The largest absolute Gasteiger partial charge is 0.459 e. The molecule has 3 amide bonds. The molecule has 0 spiro atoms. The highest BCUT2D eigenvalue weighted by Crippen LogP contribution is 2.50. The lowest BCUT2D eigenvalue weighted by atomic mass is 9.68. The number of rotatable bonds is 7. The zero-order valence-electron chi connectivity index (χ0n) is 19.3. The van der Waals surface area contributed by atoms with Crippen LogP contribution < -0.4 is 0 Å². The van der Waals surface area contributed by atoms with Crippen LogP contribution in [0.15, 0.2) is 33.3 Å². The summed E-state index contributed by atoms with van der Waals surface area (Å²) < 4.78 is 16.4. The summed E-state index contributed by atoms with van der Waals surface area (Å²) in [4.78, 5) is 38.7. The van der Waals surface area contributed by atoms with E-state index in [1.54, 1.807) is 6.07 Å². The molecule has 4 rings (SSSR count). The molecule has 1 aromatic rings.